The van der Waals surface area contributed by atoms with E-state index in [4.69, 9.17) is 4.74 Å². The van der Waals surface area contributed by atoms with Crippen molar-refractivity contribution in [1.82, 2.24) is 0 Å². The van der Waals surface area contributed by atoms with E-state index in [9.17, 15) is 19.7 Å². The van der Waals surface area contributed by atoms with Crippen LogP contribution in [0.1, 0.15) is 31.2 Å². The number of nitro benzene ring substituents is 1. The average Bonchev–Trinajstić information content (AvgIpc) is 3.01. The zero-order chi connectivity index (χ0) is 17.3. The Balaban J connectivity index is 1.82. The van der Waals surface area contributed by atoms with Crippen LogP contribution in [0.3, 0.4) is 0 Å². The molecular formula is C16H19N3O5. The topological polar surface area (TPSA) is 111 Å². The van der Waals surface area contributed by atoms with E-state index in [-0.39, 0.29) is 29.5 Å². The standard InChI is InChI=1S/C16H19N3O5/c1-24-16(21)10-2-4-11(6-10)17-13-8-12-9(3-5-15(20)18-12)7-14(13)19(22)23/h7-8,10-11,17H,2-6H2,1H3,(H,18,20)/t10-,11+/m0/s1. The van der Waals surface area contributed by atoms with Gasteiger partial charge in [0.25, 0.3) is 5.69 Å². The number of hydrogen-bond acceptors (Lipinski definition) is 6. The number of nitro groups is 1. The molecule has 24 heavy (non-hydrogen) atoms. The summed E-state index contributed by atoms with van der Waals surface area (Å²) in [5.74, 6) is -0.510. The van der Waals surface area contributed by atoms with Gasteiger partial charge in [0, 0.05) is 24.2 Å². The van der Waals surface area contributed by atoms with E-state index in [2.05, 4.69) is 10.6 Å². The molecule has 8 heteroatoms. The second kappa shape index (κ2) is 6.46. The largest absolute Gasteiger partial charge is 0.469 e. The molecule has 0 spiro atoms. The number of carbonyl (C=O) groups is 2. The molecule has 0 unspecified atom stereocenters. The minimum absolute atomic E-state index is 0.00795. The van der Waals surface area contributed by atoms with Gasteiger partial charge in [-0.25, -0.2) is 0 Å². The first-order valence-electron chi connectivity index (χ1n) is 7.93. The maximum absolute atomic E-state index is 11.6. The number of amides is 1. The van der Waals surface area contributed by atoms with Crippen molar-refractivity contribution < 1.29 is 19.2 Å². The lowest BCUT2D eigenvalue weighted by molar-refractivity contribution is -0.384. The molecule has 128 valence electrons. The van der Waals surface area contributed by atoms with Crippen molar-refractivity contribution in [3.05, 3.63) is 27.8 Å². The number of nitrogens with one attached hydrogen (secondary N) is 2. The van der Waals surface area contributed by atoms with Crippen LogP contribution in [0.2, 0.25) is 0 Å². The fourth-order valence-corrected chi connectivity index (χ4v) is 3.40. The molecule has 0 bridgehead atoms. The minimum Gasteiger partial charge on any atom is -0.469 e. The van der Waals surface area contributed by atoms with Crippen molar-refractivity contribution in [3.63, 3.8) is 0 Å². The molecule has 1 amide bonds. The van der Waals surface area contributed by atoms with Gasteiger partial charge in [-0.1, -0.05) is 0 Å². The van der Waals surface area contributed by atoms with E-state index in [0.29, 0.717) is 37.1 Å². The van der Waals surface area contributed by atoms with Crippen molar-refractivity contribution in [3.8, 4) is 0 Å². The van der Waals surface area contributed by atoms with Crippen LogP contribution in [0.5, 0.6) is 0 Å². The van der Waals surface area contributed by atoms with Crippen LogP contribution < -0.4 is 10.6 Å². The van der Waals surface area contributed by atoms with Gasteiger partial charge in [-0.05, 0) is 37.3 Å². The quantitative estimate of drug-likeness (QED) is 0.496. The van der Waals surface area contributed by atoms with E-state index >= 15 is 0 Å². The Hall–Kier alpha value is -2.64. The summed E-state index contributed by atoms with van der Waals surface area (Å²) in [5.41, 5.74) is 1.75. The van der Waals surface area contributed by atoms with Crippen LogP contribution in [0.25, 0.3) is 0 Å². The molecule has 1 aliphatic carbocycles. The normalized spacial score (nSPS) is 22.5. The zero-order valence-corrected chi connectivity index (χ0v) is 13.3. The van der Waals surface area contributed by atoms with Crippen LogP contribution in [0, 0.1) is 16.0 Å². The lowest BCUT2D eigenvalue weighted by Gasteiger charge is -2.20. The predicted octanol–water partition coefficient (Wildman–Crippen LogP) is 2.23. The molecule has 2 aliphatic rings. The van der Waals surface area contributed by atoms with Gasteiger partial charge in [-0.15, -0.1) is 0 Å². The molecule has 1 aliphatic heterocycles. The van der Waals surface area contributed by atoms with E-state index in [1.165, 1.54) is 13.2 Å². The summed E-state index contributed by atoms with van der Waals surface area (Å²) >= 11 is 0. The highest BCUT2D eigenvalue weighted by Crippen LogP contribution is 2.37. The molecule has 1 heterocycles. The molecular weight excluding hydrogens is 314 g/mol. The number of hydrogen-bond donors (Lipinski definition) is 2. The maximum atomic E-state index is 11.6. The summed E-state index contributed by atoms with van der Waals surface area (Å²) in [6.07, 6.45) is 2.84. The molecule has 0 radical (unpaired) electrons. The van der Waals surface area contributed by atoms with Gasteiger partial charge in [0.05, 0.1) is 18.0 Å². The molecule has 2 N–H and O–H groups in total. The Kier molecular flexibility index (Phi) is 4.37. The fourth-order valence-electron chi connectivity index (χ4n) is 3.40. The minimum atomic E-state index is -0.425. The summed E-state index contributed by atoms with van der Waals surface area (Å²) in [7, 11) is 1.36. The fraction of sp³-hybridized carbons (Fsp3) is 0.500. The smallest absolute Gasteiger partial charge is 0.308 e. The van der Waals surface area contributed by atoms with Gasteiger partial charge < -0.3 is 15.4 Å². The highest BCUT2D eigenvalue weighted by molar-refractivity contribution is 5.95. The number of nitrogens with zero attached hydrogens (tertiary/aromatic N) is 1. The summed E-state index contributed by atoms with van der Waals surface area (Å²) < 4.78 is 4.76. The number of benzene rings is 1. The van der Waals surface area contributed by atoms with Crippen LogP contribution in [-0.4, -0.2) is 30.0 Å². The molecule has 0 saturated heterocycles. The first-order chi connectivity index (χ1) is 11.5. The van der Waals surface area contributed by atoms with E-state index in [1.807, 2.05) is 0 Å². The summed E-state index contributed by atoms with van der Waals surface area (Å²) in [4.78, 5) is 34.1. The van der Waals surface area contributed by atoms with Crippen molar-refractivity contribution in [1.29, 1.82) is 0 Å². The maximum Gasteiger partial charge on any atom is 0.308 e. The zero-order valence-electron chi connectivity index (χ0n) is 13.3. The second-order valence-electron chi connectivity index (χ2n) is 6.21. The number of esters is 1. The number of ether oxygens (including phenoxy) is 1. The summed E-state index contributed by atoms with van der Waals surface area (Å²) in [6, 6.07) is 3.10. The number of rotatable bonds is 4. The Labute approximate surface area is 138 Å². The van der Waals surface area contributed by atoms with Gasteiger partial charge >= 0.3 is 5.97 Å². The molecule has 1 aromatic rings. The predicted molar refractivity (Wildman–Crippen MR) is 86.8 cm³/mol. The highest BCUT2D eigenvalue weighted by atomic mass is 16.6. The summed E-state index contributed by atoms with van der Waals surface area (Å²) in [5, 5.41) is 17.3. The number of anilines is 2. The first-order valence-corrected chi connectivity index (χ1v) is 7.93. The van der Waals surface area contributed by atoms with Crippen LogP contribution in [0.15, 0.2) is 12.1 Å². The molecule has 1 saturated carbocycles. The first kappa shape index (κ1) is 16.2. The SMILES string of the molecule is COC(=O)[C@H]1CC[C@@H](Nc2cc3c(cc2[N+](=O)[O-])CCC(=O)N3)C1. The van der Waals surface area contributed by atoms with Crippen LogP contribution >= 0.6 is 0 Å². The third kappa shape index (κ3) is 3.17. The number of methoxy groups -OCH3 is 1. The number of aryl methyl sites for hydroxylation is 1. The van der Waals surface area contributed by atoms with Gasteiger partial charge in [-0.2, -0.15) is 0 Å². The Morgan fingerprint density at radius 1 is 1.38 bits per heavy atom. The lowest BCUT2D eigenvalue weighted by Crippen LogP contribution is -2.22. The van der Waals surface area contributed by atoms with Crippen LogP contribution in [-0.2, 0) is 20.7 Å². The van der Waals surface area contributed by atoms with Crippen molar-refractivity contribution in [2.24, 2.45) is 5.92 Å². The lowest BCUT2D eigenvalue weighted by atomic mass is 10.0. The Morgan fingerprint density at radius 2 is 2.17 bits per heavy atom. The van der Waals surface area contributed by atoms with E-state index in [1.54, 1.807) is 6.07 Å². The molecule has 8 nitrogen and oxygen atoms in total. The average molecular weight is 333 g/mol. The van der Waals surface area contributed by atoms with Crippen LogP contribution in [0.4, 0.5) is 17.1 Å². The van der Waals surface area contributed by atoms with Crippen molar-refractivity contribution in [2.75, 3.05) is 17.7 Å². The number of carbonyl (C=O) groups excluding carboxylic acids is 2. The third-order valence-electron chi connectivity index (χ3n) is 4.64. The monoisotopic (exact) mass is 333 g/mol. The van der Waals surface area contributed by atoms with Crippen molar-refractivity contribution in [2.45, 2.75) is 38.1 Å². The molecule has 2 atom stereocenters. The van der Waals surface area contributed by atoms with Gasteiger partial charge in [0.15, 0.2) is 0 Å². The van der Waals surface area contributed by atoms with E-state index in [0.717, 1.165) is 12.0 Å². The summed E-state index contributed by atoms with van der Waals surface area (Å²) in [6.45, 7) is 0. The number of fused-ring (bicyclic) bond motifs is 1. The molecule has 1 fully saturated rings. The molecule has 3 rings (SSSR count). The van der Waals surface area contributed by atoms with Gasteiger partial charge in [-0.3, -0.25) is 19.7 Å². The van der Waals surface area contributed by atoms with E-state index < -0.39 is 4.92 Å². The Bertz CT molecular complexity index is 703. The third-order valence-corrected chi connectivity index (χ3v) is 4.64. The second-order valence-corrected chi connectivity index (χ2v) is 6.21. The van der Waals surface area contributed by atoms with Gasteiger partial charge in [0.2, 0.25) is 5.91 Å². The van der Waals surface area contributed by atoms with Gasteiger partial charge in [0.1, 0.15) is 5.69 Å². The Morgan fingerprint density at radius 3 is 2.88 bits per heavy atom. The highest BCUT2D eigenvalue weighted by Gasteiger charge is 2.32. The molecule has 0 aromatic heterocycles. The molecule has 1 aromatic carbocycles. The van der Waals surface area contributed by atoms with Crippen molar-refractivity contribution >= 4 is 28.9 Å².